The predicted molar refractivity (Wildman–Crippen MR) is 93.7 cm³/mol. The molecule has 0 fully saturated rings. The highest BCUT2D eigenvalue weighted by Gasteiger charge is 2.17. The first-order chi connectivity index (χ1) is 11.0. The van der Waals surface area contributed by atoms with Gasteiger partial charge in [0.05, 0.1) is 4.47 Å². The Balaban J connectivity index is 2.21. The van der Waals surface area contributed by atoms with Crippen molar-refractivity contribution >= 4 is 33.6 Å². The number of carbonyl (C=O) groups is 1. The molecule has 1 aromatic heterocycles. The third-order valence-electron chi connectivity index (χ3n) is 2.91. The van der Waals surface area contributed by atoms with Crippen molar-refractivity contribution in [3.63, 3.8) is 0 Å². The molecule has 0 saturated heterocycles. The predicted octanol–water partition coefficient (Wildman–Crippen LogP) is 4.26. The summed E-state index contributed by atoms with van der Waals surface area (Å²) in [5.74, 6) is 0.734. The smallest absolute Gasteiger partial charge is 0.257 e. The Hall–Kier alpha value is -1.60. The number of halogens is 2. The fourth-order valence-electron chi connectivity index (χ4n) is 1.90. The molecule has 4 nitrogen and oxygen atoms in total. The van der Waals surface area contributed by atoms with Gasteiger partial charge >= 0.3 is 0 Å². The van der Waals surface area contributed by atoms with Gasteiger partial charge in [-0.25, -0.2) is 9.37 Å². The topological polar surface area (TPSA) is 51.2 Å². The number of nitrogens with one attached hydrogen (secondary N) is 1. The third-order valence-corrected chi connectivity index (χ3v) is 4.36. The van der Waals surface area contributed by atoms with Gasteiger partial charge in [0.1, 0.15) is 17.1 Å². The van der Waals surface area contributed by atoms with Crippen LogP contribution < -0.4 is 10.1 Å². The average molecular weight is 399 g/mol. The second-order valence-corrected chi connectivity index (χ2v) is 6.63. The van der Waals surface area contributed by atoms with Crippen molar-refractivity contribution in [2.75, 3.05) is 12.0 Å². The van der Waals surface area contributed by atoms with Crippen LogP contribution in [-0.2, 0) is 0 Å². The number of ether oxygens (including phenoxy) is 1. The summed E-state index contributed by atoms with van der Waals surface area (Å²) in [6.07, 6.45) is 3.52. The number of rotatable bonds is 6. The molecule has 1 unspecified atom stereocenters. The fraction of sp³-hybridized carbons (Fsp3) is 0.250. The van der Waals surface area contributed by atoms with Gasteiger partial charge in [-0.2, -0.15) is 11.8 Å². The van der Waals surface area contributed by atoms with Crippen LogP contribution in [0, 0.1) is 5.82 Å². The maximum Gasteiger partial charge on any atom is 0.257 e. The summed E-state index contributed by atoms with van der Waals surface area (Å²) in [5, 5.41) is 2.90. The first-order valence-corrected chi connectivity index (χ1v) is 9.07. The third kappa shape index (κ3) is 4.94. The first kappa shape index (κ1) is 17.7. The zero-order chi connectivity index (χ0) is 16.8. The highest BCUT2D eigenvalue weighted by atomic mass is 79.9. The number of benzene rings is 1. The van der Waals surface area contributed by atoms with E-state index in [0.717, 1.165) is 5.75 Å². The van der Waals surface area contributed by atoms with E-state index >= 15 is 0 Å². The van der Waals surface area contributed by atoms with Crippen molar-refractivity contribution in [3.8, 4) is 11.6 Å². The summed E-state index contributed by atoms with van der Waals surface area (Å²) in [5.41, 5.74) is 0.330. The van der Waals surface area contributed by atoms with Crippen LogP contribution in [0.3, 0.4) is 0 Å². The molecule has 0 aliphatic carbocycles. The molecule has 1 aromatic carbocycles. The van der Waals surface area contributed by atoms with Crippen LogP contribution in [-0.4, -0.2) is 28.9 Å². The van der Waals surface area contributed by atoms with Gasteiger partial charge < -0.3 is 10.1 Å². The molecule has 0 bridgehead atoms. The van der Waals surface area contributed by atoms with Crippen LogP contribution in [0.25, 0.3) is 0 Å². The molecule has 2 rings (SSSR count). The van der Waals surface area contributed by atoms with E-state index < -0.39 is 0 Å². The van der Waals surface area contributed by atoms with Crippen molar-refractivity contribution in [1.82, 2.24) is 10.3 Å². The lowest BCUT2D eigenvalue weighted by atomic mass is 10.2. The fourth-order valence-corrected chi connectivity index (χ4v) is 2.92. The second-order valence-electron chi connectivity index (χ2n) is 4.86. The summed E-state index contributed by atoms with van der Waals surface area (Å²) in [6.45, 7) is 1.93. The molecule has 1 atom stereocenters. The SMILES string of the molecule is CSCC(C)NC(=O)c1cccnc1Oc1ccc(F)cc1Br. The molecule has 2 aromatic rings. The van der Waals surface area contributed by atoms with E-state index in [4.69, 9.17) is 4.74 Å². The van der Waals surface area contributed by atoms with Gasteiger partial charge in [0.25, 0.3) is 5.91 Å². The average Bonchev–Trinajstić information content (AvgIpc) is 2.50. The minimum Gasteiger partial charge on any atom is -0.437 e. The summed E-state index contributed by atoms with van der Waals surface area (Å²) in [7, 11) is 0. The van der Waals surface area contributed by atoms with Crippen molar-refractivity contribution in [2.45, 2.75) is 13.0 Å². The zero-order valence-electron chi connectivity index (χ0n) is 12.7. The lowest BCUT2D eigenvalue weighted by Gasteiger charge is -2.14. The second kappa shape index (κ2) is 8.31. The van der Waals surface area contributed by atoms with E-state index in [-0.39, 0.29) is 23.6 Å². The number of pyridine rings is 1. The molecule has 23 heavy (non-hydrogen) atoms. The Morgan fingerprint density at radius 3 is 2.96 bits per heavy atom. The Morgan fingerprint density at radius 2 is 2.26 bits per heavy atom. The van der Waals surface area contributed by atoms with E-state index in [1.165, 1.54) is 24.4 Å². The summed E-state index contributed by atoms with van der Waals surface area (Å²) < 4.78 is 19.3. The molecule has 122 valence electrons. The van der Waals surface area contributed by atoms with Crippen molar-refractivity contribution in [3.05, 3.63) is 52.4 Å². The lowest BCUT2D eigenvalue weighted by Crippen LogP contribution is -2.34. The monoisotopic (exact) mass is 398 g/mol. The van der Waals surface area contributed by atoms with Gasteiger partial charge in [0, 0.05) is 18.0 Å². The molecule has 0 aliphatic rings. The highest BCUT2D eigenvalue weighted by Crippen LogP contribution is 2.30. The van der Waals surface area contributed by atoms with Crippen LogP contribution in [0.5, 0.6) is 11.6 Å². The van der Waals surface area contributed by atoms with Crippen molar-refractivity contribution in [1.29, 1.82) is 0 Å². The maximum atomic E-state index is 13.1. The Morgan fingerprint density at radius 1 is 1.48 bits per heavy atom. The largest absolute Gasteiger partial charge is 0.437 e. The van der Waals surface area contributed by atoms with Gasteiger partial charge in [0.2, 0.25) is 5.88 Å². The molecular formula is C16H16BrFN2O2S. The van der Waals surface area contributed by atoms with Gasteiger partial charge in [-0.3, -0.25) is 4.79 Å². The normalized spacial score (nSPS) is 11.8. The summed E-state index contributed by atoms with van der Waals surface area (Å²) in [6, 6.07) is 7.39. The number of aromatic nitrogens is 1. The number of amides is 1. The molecule has 1 heterocycles. The minimum atomic E-state index is -0.380. The standard InChI is InChI=1S/C16H16BrFN2O2S/c1-10(9-23-2)20-15(21)12-4-3-7-19-16(12)22-14-6-5-11(18)8-13(14)17/h3-8,10H,9H2,1-2H3,(H,20,21). The Bertz CT molecular complexity index is 700. The van der Waals surface area contributed by atoms with Crippen LogP contribution in [0.15, 0.2) is 41.0 Å². The van der Waals surface area contributed by atoms with Crippen molar-refractivity contribution in [2.24, 2.45) is 0 Å². The highest BCUT2D eigenvalue weighted by molar-refractivity contribution is 9.10. The number of thioether (sulfide) groups is 1. The van der Waals surface area contributed by atoms with E-state index in [1.54, 1.807) is 23.9 Å². The van der Waals surface area contributed by atoms with Crippen LogP contribution in [0.4, 0.5) is 4.39 Å². The van der Waals surface area contributed by atoms with E-state index in [1.807, 2.05) is 13.2 Å². The van der Waals surface area contributed by atoms with Crippen LogP contribution in [0.1, 0.15) is 17.3 Å². The number of hydrogen-bond donors (Lipinski definition) is 1. The number of hydrogen-bond acceptors (Lipinski definition) is 4. The van der Waals surface area contributed by atoms with Crippen LogP contribution in [0.2, 0.25) is 0 Å². The molecule has 1 N–H and O–H groups in total. The lowest BCUT2D eigenvalue weighted by molar-refractivity contribution is 0.0941. The number of carbonyl (C=O) groups excluding carboxylic acids is 1. The molecular weight excluding hydrogens is 383 g/mol. The quantitative estimate of drug-likeness (QED) is 0.789. The Labute approximate surface area is 147 Å². The Kier molecular flexibility index (Phi) is 6.41. The molecule has 0 spiro atoms. The maximum absolute atomic E-state index is 13.1. The molecule has 7 heteroatoms. The summed E-state index contributed by atoms with van der Waals surface area (Å²) >= 11 is 4.88. The van der Waals surface area contributed by atoms with Gasteiger partial charge in [-0.1, -0.05) is 0 Å². The molecule has 0 aliphatic heterocycles. The molecule has 0 radical (unpaired) electrons. The van der Waals surface area contributed by atoms with Gasteiger partial charge in [0.15, 0.2) is 0 Å². The van der Waals surface area contributed by atoms with Crippen molar-refractivity contribution < 1.29 is 13.9 Å². The molecule has 0 saturated carbocycles. The van der Waals surface area contributed by atoms with E-state index in [2.05, 4.69) is 26.2 Å². The first-order valence-electron chi connectivity index (χ1n) is 6.89. The summed E-state index contributed by atoms with van der Waals surface area (Å²) in [4.78, 5) is 16.5. The number of nitrogens with zero attached hydrogens (tertiary/aromatic N) is 1. The van der Waals surface area contributed by atoms with Gasteiger partial charge in [-0.05, 0) is 59.4 Å². The zero-order valence-corrected chi connectivity index (χ0v) is 15.1. The van der Waals surface area contributed by atoms with E-state index in [0.29, 0.717) is 15.8 Å². The van der Waals surface area contributed by atoms with Crippen LogP contribution >= 0.6 is 27.7 Å². The minimum absolute atomic E-state index is 0.0307. The van der Waals surface area contributed by atoms with E-state index in [9.17, 15) is 9.18 Å². The van der Waals surface area contributed by atoms with Gasteiger partial charge in [-0.15, -0.1) is 0 Å². The molecule has 1 amide bonds.